The lowest BCUT2D eigenvalue weighted by molar-refractivity contribution is 0.627. The van der Waals surface area contributed by atoms with Gasteiger partial charge in [0.25, 0.3) is 0 Å². The van der Waals surface area contributed by atoms with Crippen LogP contribution in [-0.4, -0.2) is 4.57 Å². The van der Waals surface area contributed by atoms with Gasteiger partial charge in [0.2, 0.25) is 0 Å². The number of aromatic nitrogens is 1. The maximum absolute atomic E-state index is 13.4. The first-order valence-electron chi connectivity index (χ1n) is 9.01. The quantitative estimate of drug-likeness (QED) is 0.369. The molecule has 0 aliphatic carbocycles. The van der Waals surface area contributed by atoms with E-state index in [-0.39, 0.29) is 11.6 Å². The van der Waals surface area contributed by atoms with Crippen LogP contribution in [0.25, 0.3) is 27.5 Å². The normalized spacial score (nSPS) is 11.2. The van der Waals surface area contributed by atoms with Crippen molar-refractivity contribution in [3.63, 3.8) is 0 Å². The second-order valence-electron chi connectivity index (χ2n) is 6.69. The van der Waals surface area contributed by atoms with Crippen LogP contribution in [0.15, 0.2) is 91.0 Å². The molecule has 1 heterocycles. The summed E-state index contributed by atoms with van der Waals surface area (Å²) < 4.78 is 28.7. The molecule has 0 bridgehead atoms. The van der Waals surface area contributed by atoms with Crippen LogP contribution >= 0.6 is 0 Å². The molecule has 0 spiro atoms. The third-order valence-electron chi connectivity index (χ3n) is 4.89. The number of hydrogen-bond donors (Lipinski definition) is 1. The van der Waals surface area contributed by atoms with Crippen LogP contribution in [-0.2, 0) is 0 Å². The Morgan fingerprint density at radius 3 is 1.93 bits per heavy atom. The van der Waals surface area contributed by atoms with Crippen LogP contribution in [0.2, 0.25) is 0 Å². The summed E-state index contributed by atoms with van der Waals surface area (Å²) >= 11 is 0. The predicted molar refractivity (Wildman–Crippen MR) is 110 cm³/mol. The van der Waals surface area contributed by atoms with E-state index >= 15 is 0 Å². The van der Waals surface area contributed by atoms with Crippen molar-refractivity contribution in [2.75, 3.05) is 5.32 Å². The molecule has 4 heteroatoms. The summed E-state index contributed by atoms with van der Waals surface area (Å²) in [7, 11) is 0. The van der Waals surface area contributed by atoms with Crippen molar-refractivity contribution >= 4 is 33.2 Å². The molecule has 1 N–H and O–H groups in total. The first-order chi connectivity index (χ1) is 13.7. The number of nitrogens with one attached hydrogen (secondary N) is 1. The molecule has 0 unspecified atom stereocenters. The Kier molecular flexibility index (Phi) is 3.83. The topological polar surface area (TPSA) is 17.0 Å². The summed E-state index contributed by atoms with van der Waals surface area (Å²) in [4.78, 5) is 0. The molecule has 5 rings (SSSR count). The number of halogens is 2. The van der Waals surface area contributed by atoms with Gasteiger partial charge in [-0.15, -0.1) is 0 Å². The summed E-state index contributed by atoms with van der Waals surface area (Å²) in [5.74, 6) is -0.527. The molecule has 4 aromatic carbocycles. The molecule has 136 valence electrons. The number of nitrogens with zero attached hydrogens (tertiary/aromatic N) is 1. The van der Waals surface area contributed by atoms with Crippen molar-refractivity contribution in [2.45, 2.75) is 0 Å². The molecule has 0 atom stereocenters. The summed E-state index contributed by atoms with van der Waals surface area (Å²) in [6.45, 7) is 0. The Hall–Kier alpha value is -3.66. The van der Waals surface area contributed by atoms with Crippen molar-refractivity contribution in [2.24, 2.45) is 0 Å². The van der Waals surface area contributed by atoms with E-state index in [4.69, 9.17) is 0 Å². The van der Waals surface area contributed by atoms with Crippen molar-refractivity contribution in [1.82, 2.24) is 4.57 Å². The summed E-state index contributed by atoms with van der Waals surface area (Å²) in [5.41, 5.74) is 4.67. The van der Waals surface area contributed by atoms with Gasteiger partial charge in [0, 0.05) is 27.8 Å². The SMILES string of the molecule is Fc1ccc(Nc2ccc3c4ccccc4n(-c4ccc(F)cc4)c3c2)cc1. The molecular weight excluding hydrogens is 354 g/mol. The molecule has 0 aliphatic heterocycles. The standard InChI is InChI=1S/C24H16F2N2/c25-16-5-9-18(10-6-16)27-19-11-14-22-21-3-1-2-4-23(21)28(24(22)15-19)20-12-7-17(26)8-13-20/h1-15,27H. The van der Waals surface area contributed by atoms with Crippen LogP contribution in [0.1, 0.15) is 0 Å². The molecule has 0 radical (unpaired) electrons. The molecule has 2 nitrogen and oxygen atoms in total. The third kappa shape index (κ3) is 2.79. The lowest BCUT2D eigenvalue weighted by Crippen LogP contribution is -1.95. The number of rotatable bonds is 3. The van der Waals surface area contributed by atoms with Gasteiger partial charge in [-0.05, 0) is 66.7 Å². The van der Waals surface area contributed by atoms with Gasteiger partial charge < -0.3 is 9.88 Å². The van der Waals surface area contributed by atoms with Crippen LogP contribution in [0, 0.1) is 11.6 Å². The maximum atomic E-state index is 13.4. The Morgan fingerprint density at radius 1 is 0.571 bits per heavy atom. The highest BCUT2D eigenvalue weighted by Gasteiger charge is 2.12. The molecule has 28 heavy (non-hydrogen) atoms. The van der Waals surface area contributed by atoms with E-state index in [0.29, 0.717) is 0 Å². The largest absolute Gasteiger partial charge is 0.355 e. The zero-order chi connectivity index (χ0) is 19.1. The maximum Gasteiger partial charge on any atom is 0.123 e. The smallest absolute Gasteiger partial charge is 0.123 e. The Balaban J connectivity index is 1.71. The lowest BCUT2D eigenvalue weighted by atomic mass is 10.1. The average molecular weight is 370 g/mol. The molecule has 5 aromatic rings. The number of hydrogen-bond acceptors (Lipinski definition) is 1. The highest BCUT2D eigenvalue weighted by atomic mass is 19.1. The zero-order valence-corrected chi connectivity index (χ0v) is 14.9. The minimum atomic E-state index is -0.266. The van der Waals surface area contributed by atoms with Gasteiger partial charge in [-0.25, -0.2) is 8.78 Å². The van der Waals surface area contributed by atoms with E-state index in [0.717, 1.165) is 38.9 Å². The number of anilines is 2. The van der Waals surface area contributed by atoms with Crippen LogP contribution < -0.4 is 5.32 Å². The van der Waals surface area contributed by atoms with E-state index in [9.17, 15) is 8.78 Å². The minimum Gasteiger partial charge on any atom is -0.355 e. The van der Waals surface area contributed by atoms with Crippen molar-refractivity contribution in [3.8, 4) is 5.69 Å². The first-order valence-corrected chi connectivity index (χ1v) is 9.01. The van der Waals surface area contributed by atoms with Gasteiger partial charge in [-0.2, -0.15) is 0 Å². The Bertz CT molecular complexity index is 1290. The average Bonchev–Trinajstić information content (AvgIpc) is 3.04. The monoisotopic (exact) mass is 370 g/mol. The third-order valence-corrected chi connectivity index (χ3v) is 4.89. The summed E-state index contributed by atoms with van der Waals surface area (Å²) in [6.07, 6.45) is 0. The van der Waals surface area contributed by atoms with E-state index < -0.39 is 0 Å². The van der Waals surface area contributed by atoms with Gasteiger partial charge in [0.1, 0.15) is 11.6 Å². The number of fused-ring (bicyclic) bond motifs is 3. The fraction of sp³-hybridized carbons (Fsp3) is 0. The van der Waals surface area contributed by atoms with Gasteiger partial charge in [0.05, 0.1) is 11.0 Å². The van der Waals surface area contributed by atoms with Crippen LogP contribution in [0.4, 0.5) is 20.2 Å². The van der Waals surface area contributed by atoms with Crippen LogP contribution in [0.5, 0.6) is 0 Å². The fourth-order valence-electron chi connectivity index (χ4n) is 3.62. The first kappa shape index (κ1) is 16.5. The Morgan fingerprint density at radius 2 is 1.18 bits per heavy atom. The molecule has 0 saturated carbocycles. The molecule has 1 aromatic heterocycles. The molecule has 0 saturated heterocycles. The summed E-state index contributed by atoms with van der Waals surface area (Å²) in [6, 6.07) is 27.1. The van der Waals surface area contributed by atoms with Crippen molar-refractivity contribution < 1.29 is 8.78 Å². The van der Waals surface area contributed by atoms with E-state index in [1.807, 2.05) is 18.2 Å². The number of para-hydroxylation sites is 1. The number of benzene rings is 4. The second-order valence-corrected chi connectivity index (χ2v) is 6.69. The summed E-state index contributed by atoms with van der Waals surface area (Å²) in [5, 5.41) is 5.57. The fourth-order valence-corrected chi connectivity index (χ4v) is 3.62. The molecular formula is C24H16F2N2. The minimum absolute atomic E-state index is 0.261. The van der Waals surface area contributed by atoms with Gasteiger partial charge in [-0.1, -0.05) is 24.3 Å². The highest BCUT2D eigenvalue weighted by Crippen LogP contribution is 2.34. The second kappa shape index (κ2) is 6.50. The van der Waals surface area contributed by atoms with Crippen molar-refractivity contribution in [1.29, 1.82) is 0 Å². The highest BCUT2D eigenvalue weighted by molar-refractivity contribution is 6.10. The van der Waals surface area contributed by atoms with Gasteiger partial charge in [0.15, 0.2) is 0 Å². The van der Waals surface area contributed by atoms with E-state index in [1.165, 1.54) is 24.3 Å². The molecule has 0 aliphatic rings. The predicted octanol–water partition coefficient (Wildman–Crippen LogP) is 6.81. The van der Waals surface area contributed by atoms with E-state index in [2.05, 4.69) is 34.1 Å². The molecule has 0 fully saturated rings. The van der Waals surface area contributed by atoms with E-state index in [1.54, 1.807) is 24.3 Å². The van der Waals surface area contributed by atoms with Gasteiger partial charge in [-0.3, -0.25) is 0 Å². The van der Waals surface area contributed by atoms with Crippen LogP contribution in [0.3, 0.4) is 0 Å². The lowest BCUT2D eigenvalue weighted by Gasteiger charge is -2.10. The zero-order valence-electron chi connectivity index (χ0n) is 14.9. The Labute approximate surface area is 160 Å². The molecule has 0 amide bonds. The van der Waals surface area contributed by atoms with Gasteiger partial charge >= 0.3 is 0 Å². The van der Waals surface area contributed by atoms with Crippen molar-refractivity contribution in [3.05, 3.63) is 103 Å².